The Labute approximate surface area is 172 Å². The zero-order valence-electron chi connectivity index (χ0n) is 15.1. The number of carbonyl (C=O) groups is 3. The number of hydrogen-bond acceptors (Lipinski definition) is 6. The molecule has 2 rings (SSSR count). The summed E-state index contributed by atoms with van der Waals surface area (Å²) in [7, 11) is 1.42. The molecule has 28 heavy (non-hydrogen) atoms. The quantitative estimate of drug-likeness (QED) is 0.378. The van der Waals surface area contributed by atoms with Gasteiger partial charge < -0.3 is 0 Å². The Morgan fingerprint density at radius 2 is 1.86 bits per heavy atom. The Morgan fingerprint density at radius 3 is 2.50 bits per heavy atom. The van der Waals surface area contributed by atoms with Crippen molar-refractivity contribution < 1.29 is 24.2 Å². The SMILES string of the molecule is CCOC(=O)c1ccc(NC(=O)c2ccccc2[Se]SC[C@H](N)C(=O)O)cc1. The fourth-order valence-electron chi connectivity index (χ4n) is 2.07. The van der Waals surface area contributed by atoms with E-state index in [1.54, 1.807) is 43.3 Å². The van der Waals surface area contributed by atoms with E-state index in [4.69, 9.17) is 15.6 Å². The maximum atomic E-state index is 12.6. The molecular weight excluding hydrogens is 447 g/mol. The second kappa shape index (κ2) is 10.9. The van der Waals surface area contributed by atoms with E-state index in [-0.39, 0.29) is 25.5 Å². The fourth-order valence-corrected chi connectivity index (χ4v) is 6.27. The van der Waals surface area contributed by atoms with Gasteiger partial charge in [-0.25, -0.2) is 0 Å². The van der Waals surface area contributed by atoms with E-state index in [2.05, 4.69) is 5.32 Å². The number of nitrogens with two attached hydrogens (primary N) is 1. The standard InChI is InChI=1S/C19H20N2O5SSe/c1-2-26-19(25)12-7-9-13(10-8-12)21-17(22)14-5-3-4-6-16(14)28-27-11-15(20)18(23)24/h3-10,15H,2,11,20H2,1H3,(H,21,22)(H,23,24)/t15-/m0/s1. The van der Waals surface area contributed by atoms with Crippen molar-refractivity contribution in [2.45, 2.75) is 13.0 Å². The van der Waals surface area contributed by atoms with Crippen LogP contribution in [0.3, 0.4) is 0 Å². The Morgan fingerprint density at radius 1 is 1.18 bits per heavy atom. The van der Waals surface area contributed by atoms with Crippen LogP contribution < -0.4 is 15.5 Å². The summed E-state index contributed by atoms with van der Waals surface area (Å²) in [5, 5.41) is 11.7. The zero-order valence-corrected chi connectivity index (χ0v) is 17.6. The molecule has 1 atom stereocenters. The van der Waals surface area contributed by atoms with E-state index in [0.29, 0.717) is 23.4 Å². The summed E-state index contributed by atoms with van der Waals surface area (Å²) in [6.07, 6.45) is 0. The number of hydrogen-bond donors (Lipinski definition) is 3. The molecular formula is C19H20N2O5SSe. The van der Waals surface area contributed by atoms with E-state index >= 15 is 0 Å². The number of aliphatic carboxylic acids is 1. The van der Waals surface area contributed by atoms with Gasteiger partial charge in [0, 0.05) is 0 Å². The number of anilines is 1. The van der Waals surface area contributed by atoms with Crippen LogP contribution in [0.15, 0.2) is 48.5 Å². The average Bonchev–Trinajstić information content (AvgIpc) is 2.68. The van der Waals surface area contributed by atoms with Crippen molar-refractivity contribution >= 4 is 52.0 Å². The van der Waals surface area contributed by atoms with Crippen LogP contribution in [0.25, 0.3) is 0 Å². The van der Waals surface area contributed by atoms with E-state index in [1.807, 2.05) is 12.1 Å². The summed E-state index contributed by atoms with van der Waals surface area (Å²) in [6.45, 7) is 2.03. The summed E-state index contributed by atoms with van der Waals surface area (Å²) in [5.74, 6) is -1.45. The second-order valence-corrected chi connectivity index (χ2v) is 9.75. The van der Waals surface area contributed by atoms with Crippen LogP contribution in [0.1, 0.15) is 27.6 Å². The molecule has 1 amide bonds. The maximum absolute atomic E-state index is 12.6. The normalized spacial score (nSPS) is 11.5. The van der Waals surface area contributed by atoms with Crippen LogP contribution >= 0.6 is 10.2 Å². The monoisotopic (exact) mass is 468 g/mol. The molecule has 0 saturated carbocycles. The van der Waals surface area contributed by atoms with Crippen LogP contribution in [-0.4, -0.2) is 55.2 Å². The molecule has 2 aromatic carbocycles. The van der Waals surface area contributed by atoms with Crippen molar-refractivity contribution in [2.24, 2.45) is 5.73 Å². The van der Waals surface area contributed by atoms with Gasteiger partial charge in [0.1, 0.15) is 0 Å². The third-order valence-corrected chi connectivity index (χ3v) is 7.77. The summed E-state index contributed by atoms with van der Waals surface area (Å²) in [6, 6.07) is 12.7. The van der Waals surface area contributed by atoms with Crippen LogP contribution in [0.2, 0.25) is 0 Å². The van der Waals surface area contributed by atoms with E-state index in [9.17, 15) is 14.4 Å². The second-order valence-electron chi connectivity index (χ2n) is 5.56. The van der Waals surface area contributed by atoms with Gasteiger partial charge in [-0.15, -0.1) is 0 Å². The van der Waals surface area contributed by atoms with Crippen molar-refractivity contribution in [1.29, 1.82) is 0 Å². The van der Waals surface area contributed by atoms with Crippen molar-refractivity contribution in [3.8, 4) is 0 Å². The Bertz CT molecular complexity index is 844. The minimum absolute atomic E-state index is 0.158. The molecule has 0 spiro atoms. The summed E-state index contributed by atoms with van der Waals surface area (Å²) >= 11 is -0.158. The molecule has 0 heterocycles. The molecule has 9 heteroatoms. The van der Waals surface area contributed by atoms with Crippen LogP contribution in [0.5, 0.6) is 0 Å². The molecule has 0 fully saturated rings. The molecule has 0 aromatic heterocycles. The number of esters is 1. The fraction of sp³-hybridized carbons (Fsp3) is 0.211. The Kier molecular flexibility index (Phi) is 8.53. The number of nitrogens with one attached hydrogen (secondary N) is 1. The van der Waals surface area contributed by atoms with Crippen LogP contribution in [0, 0.1) is 0 Å². The number of carbonyl (C=O) groups excluding carboxylic acids is 2. The zero-order chi connectivity index (χ0) is 20.5. The molecule has 4 N–H and O–H groups in total. The number of carboxylic acids is 1. The van der Waals surface area contributed by atoms with Gasteiger partial charge in [-0.1, -0.05) is 0 Å². The van der Waals surface area contributed by atoms with Gasteiger partial charge >= 0.3 is 172 Å². The number of ether oxygens (including phenoxy) is 1. The summed E-state index contributed by atoms with van der Waals surface area (Å²) in [4.78, 5) is 35.1. The van der Waals surface area contributed by atoms with E-state index in [1.165, 1.54) is 10.2 Å². The van der Waals surface area contributed by atoms with Crippen LogP contribution in [-0.2, 0) is 9.53 Å². The van der Waals surface area contributed by atoms with Crippen LogP contribution in [0.4, 0.5) is 5.69 Å². The third-order valence-electron chi connectivity index (χ3n) is 3.50. The van der Waals surface area contributed by atoms with Gasteiger partial charge in [0.15, 0.2) is 0 Å². The number of rotatable bonds is 9. The van der Waals surface area contributed by atoms with Gasteiger partial charge in [-0.05, 0) is 0 Å². The topological polar surface area (TPSA) is 119 Å². The molecule has 0 aliphatic heterocycles. The van der Waals surface area contributed by atoms with Gasteiger partial charge in [0.25, 0.3) is 0 Å². The molecule has 0 aliphatic rings. The molecule has 2 aromatic rings. The Balaban J connectivity index is 2.02. The van der Waals surface area contributed by atoms with Gasteiger partial charge in [0.2, 0.25) is 0 Å². The van der Waals surface area contributed by atoms with E-state index in [0.717, 1.165) is 4.46 Å². The molecule has 0 saturated heterocycles. The number of benzene rings is 2. The first-order chi connectivity index (χ1) is 13.4. The van der Waals surface area contributed by atoms with Crippen molar-refractivity contribution in [1.82, 2.24) is 0 Å². The number of carboxylic acid groups (broad SMARTS) is 1. The van der Waals surface area contributed by atoms with Crippen molar-refractivity contribution in [3.63, 3.8) is 0 Å². The average molecular weight is 467 g/mol. The Hall–Kier alpha value is -2.32. The van der Waals surface area contributed by atoms with Gasteiger partial charge in [0.05, 0.1) is 0 Å². The molecule has 0 unspecified atom stereocenters. The first-order valence-electron chi connectivity index (χ1n) is 8.37. The van der Waals surface area contributed by atoms with Gasteiger partial charge in [-0.3, -0.25) is 0 Å². The van der Waals surface area contributed by atoms with Crippen molar-refractivity contribution in [3.05, 3.63) is 59.7 Å². The predicted molar refractivity (Wildman–Crippen MR) is 110 cm³/mol. The molecule has 148 valence electrons. The predicted octanol–water partition coefficient (Wildman–Crippen LogP) is 1.51. The van der Waals surface area contributed by atoms with E-state index < -0.39 is 18.0 Å². The third kappa shape index (κ3) is 6.38. The summed E-state index contributed by atoms with van der Waals surface area (Å²) in [5.41, 5.74) is 7.00. The molecule has 7 nitrogen and oxygen atoms in total. The molecule has 0 bridgehead atoms. The molecule has 0 aliphatic carbocycles. The molecule has 0 radical (unpaired) electrons. The minimum atomic E-state index is -1.04. The first kappa shape index (κ1) is 22.0. The first-order valence-corrected chi connectivity index (χ1v) is 12.2. The van der Waals surface area contributed by atoms with Gasteiger partial charge in [-0.2, -0.15) is 0 Å². The number of amides is 1. The summed E-state index contributed by atoms with van der Waals surface area (Å²) < 4.78 is 5.78. The van der Waals surface area contributed by atoms with Crippen molar-refractivity contribution in [2.75, 3.05) is 17.7 Å².